The molecule has 1 unspecified atom stereocenters. The summed E-state index contributed by atoms with van der Waals surface area (Å²) in [5, 5.41) is 2.87. The van der Waals surface area contributed by atoms with Crippen molar-refractivity contribution in [3.63, 3.8) is 0 Å². The lowest BCUT2D eigenvalue weighted by molar-refractivity contribution is 0.0740. The first-order chi connectivity index (χ1) is 13.1. The number of rotatable bonds is 5. The Balaban J connectivity index is 1.63. The number of anilines is 1. The summed E-state index contributed by atoms with van der Waals surface area (Å²) in [6.45, 7) is 6.36. The minimum Gasteiger partial charge on any atom is -0.348 e. The van der Waals surface area contributed by atoms with Gasteiger partial charge in [-0.3, -0.25) is 9.59 Å². The van der Waals surface area contributed by atoms with E-state index in [0.29, 0.717) is 32.1 Å². The van der Waals surface area contributed by atoms with Gasteiger partial charge < -0.3 is 15.1 Å². The predicted octanol–water partition coefficient (Wildman–Crippen LogP) is 1.36. The number of nitrogens with one attached hydrogen (secondary N) is 1. The molecule has 3 heterocycles. The minimum absolute atomic E-state index is 0.0620. The van der Waals surface area contributed by atoms with Gasteiger partial charge in [-0.05, 0) is 31.5 Å². The van der Waals surface area contributed by atoms with E-state index in [4.69, 9.17) is 0 Å². The maximum Gasteiger partial charge on any atom is 0.272 e. The van der Waals surface area contributed by atoms with E-state index in [1.165, 1.54) is 0 Å². The van der Waals surface area contributed by atoms with E-state index < -0.39 is 0 Å². The number of carbonyl (C=O) groups is 2. The molecule has 142 valence electrons. The molecule has 1 N–H and O–H groups in total. The molecule has 8 nitrogen and oxygen atoms in total. The summed E-state index contributed by atoms with van der Waals surface area (Å²) in [5.41, 5.74) is 0.550. The molecule has 0 aromatic carbocycles. The molecule has 2 aromatic heterocycles. The average Bonchev–Trinajstić information content (AvgIpc) is 2.74. The maximum absolute atomic E-state index is 12.8. The Morgan fingerprint density at radius 2 is 1.74 bits per heavy atom. The van der Waals surface area contributed by atoms with Gasteiger partial charge in [0.2, 0.25) is 5.95 Å². The Bertz CT molecular complexity index is 790. The number of hydrogen-bond donors (Lipinski definition) is 1. The zero-order valence-corrected chi connectivity index (χ0v) is 15.6. The van der Waals surface area contributed by atoms with Gasteiger partial charge in [0.25, 0.3) is 11.8 Å². The zero-order chi connectivity index (χ0) is 19.2. The number of piperazine rings is 1. The number of hydrogen-bond acceptors (Lipinski definition) is 6. The van der Waals surface area contributed by atoms with Crippen LogP contribution in [0.4, 0.5) is 5.95 Å². The van der Waals surface area contributed by atoms with Crippen molar-refractivity contribution in [2.24, 2.45) is 0 Å². The third-order valence-electron chi connectivity index (χ3n) is 4.59. The maximum atomic E-state index is 12.8. The third-order valence-corrected chi connectivity index (χ3v) is 4.59. The van der Waals surface area contributed by atoms with E-state index in [1.807, 2.05) is 18.7 Å². The van der Waals surface area contributed by atoms with Gasteiger partial charge in [0, 0.05) is 44.6 Å². The highest BCUT2D eigenvalue weighted by molar-refractivity contribution is 5.96. The molecule has 0 bridgehead atoms. The molecule has 1 fully saturated rings. The van der Waals surface area contributed by atoms with Crippen molar-refractivity contribution in [3.8, 4) is 0 Å². The minimum atomic E-state index is -0.259. The van der Waals surface area contributed by atoms with Gasteiger partial charge in [0.15, 0.2) is 0 Å². The Kier molecular flexibility index (Phi) is 5.95. The number of aromatic nitrogens is 3. The molecule has 0 aliphatic carbocycles. The summed E-state index contributed by atoms with van der Waals surface area (Å²) in [7, 11) is 0. The Morgan fingerprint density at radius 1 is 1.07 bits per heavy atom. The number of carbonyl (C=O) groups excluding carboxylic acids is 2. The molecule has 1 saturated heterocycles. The number of amides is 2. The van der Waals surface area contributed by atoms with Crippen molar-refractivity contribution in [2.45, 2.75) is 26.3 Å². The van der Waals surface area contributed by atoms with Crippen LogP contribution in [0.5, 0.6) is 0 Å². The highest BCUT2D eigenvalue weighted by Crippen LogP contribution is 2.12. The highest BCUT2D eigenvalue weighted by Gasteiger charge is 2.24. The van der Waals surface area contributed by atoms with E-state index in [0.717, 1.165) is 6.42 Å². The summed E-state index contributed by atoms with van der Waals surface area (Å²) in [6, 6.07) is 6.81. The quantitative estimate of drug-likeness (QED) is 0.857. The highest BCUT2D eigenvalue weighted by atomic mass is 16.2. The van der Waals surface area contributed by atoms with Crippen LogP contribution in [0.15, 0.2) is 36.7 Å². The molecule has 2 aromatic rings. The number of nitrogens with zero attached hydrogens (tertiary/aromatic N) is 5. The first-order valence-corrected chi connectivity index (χ1v) is 9.17. The SMILES string of the molecule is CCC(C)NC(=O)c1cccc(C(=O)N2CCN(c3ncccn3)CC2)n1. The van der Waals surface area contributed by atoms with Crippen LogP contribution in [0.1, 0.15) is 41.2 Å². The predicted molar refractivity (Wildman–Crippen MR) is 102 cm³/mol. The molecule has 0 saturated carbocycles. The van der Waals surface area contributed by atoms with Gasteiger partial charge in [-0.2, -0.15) is 0 Å². The van der Waals surface area contributed by atoms with Gasteiger partial charge in [-0.15, -0.1) is 0 Å². The van der Waals surface area contributed by atoms with E-state index in [1.54, 1.807) is 41.6 Å². The van der Waals surface area contributed by atoms with Gasteiger partial charge in [-0.25, -0.2) is 15.0 Å². The van der Waals surface area contributed by atoms with Crippen molar-refractivity contribution >= 4 is 17.8 Å². The average molecular weight is 368 g/mol. The molecular formula is C19H24N6O2. The second-order valence-corrected chi connectivity index (χ2v) is 6.52. The Morgan fingerprint density at radius 3 is 2.41 bits per heavy atom. The zero-order valence-electron chi connectivity index (χ0n) is 15.6. The monoisotopic (exact) mass is 368 g/mol. The first kappa shape index (κ1) is 18.8. The molecule has 3 rings (SSSR count). The van der Waals surface area contributed by atoms with E-state index in [-0.39, 0.29) is 29.2 Å². The fourth-order valence-corrected chi connectivity index (χ4v) is 2.81. The van der Waals surface area contributed by atoms with Crippen molar-refractivity contribution in [1.82, 2.24) is 25.2 Å². The smallest absolute Gasteiger partial charge is 0.272 e. The van der Waals surface area contributed by atoms with E-state index >= 15 is 0 Å². The van der Waals surface area contributed by atoms with Crippen molar-refractivity contribution < 1.29 is 9.59 Å². The van der Waals surface area contributed by atoms with Crippen LogP contribution >= 0.6 is 0 Å². The summed E-state index contributed by atoms with van der Waals surface area (Å²) in [6.07, 6.45) is 4.25. The fraction of sp³-hybridized carbons (Fsp3) is 0.421. The molecule has 2 amide bonds. The van der Waals surface area contributed by atoms with Crippen molar-refractivity contribution in [3.05, 3.63) is 48.0 Å². The molecule has 0 spiro atoms. The summed E-state index contributed by atoms with van der Waals surface area (Å²) >= 11 is 0. The standard InChI is InChI=1S/C19H24N6O2/c1-3-14(2)22-17(26)15-6-4-7-16(23-15)18(27)24-10-12-25(13-11-24)19-20-8-5-9-21-19/h4-9,14H,3,10-13H2,1-2H3,(H,22,26). The van der Waals surface area contributed by atoms with Crippen LogP contribution in [0.3, 0.4) is 0 Å². The molecule has 8 heteroatoms. The van der Waals surface area contributed by atoms with Gasteiger partial charge in [0.05, 0.1) is 0 Å². The van der Waals surface area contributed by atoms with Crippen LogP contribution in [-0.2, 0) is 0 Å². The molecule has 1 aliphatic rings. The van der Waals surface area contributed by atoms with Gasteiger partial charge in [-0.1, -0.05) is 13.0 Å². The van der Waals surface area contributed by atoms with Crippen LogP contribution in [0.25, 0.3) is 0 Å². The lowest BCUT2D eigenvalue weighted by Crippen LogP contribution is -2.49. The Hall–Kier alpha value is -3.03. The van der Waals surface area contributed by atoms with Crippen molar-refractivity contribution in [1.29, 1.82) is 0 Å². The van der Waals surface area contributed by atoms with Crippen LogP contribution in [-0.4, -0.2) is 63.9 Å². The topological polar surface area (TPSA) is 91.3 Å². The van der Waals surface area contributed by atoms with Crippen LogP contribution in [0, 0.1) is 0 Å². The van der Waals surface area contributed by atoms with Crippen molar-refractivity contribution in [2.75, 3.05) is 31.1 Å². The first-order valence-electron chi connectivity index (χ1n) is 9.17. The molecule has 1 aliphatic heterocycles. The van der Waals surface area contributed by atoms with E-state index in [2.05, 4.69) is 20.3 Å². The second-order valence-electron chi connectivity index (χ2n) is 6.52. The Labute approximate surface area is 158 Å². The normalized spacial score (nSPS) is 15.3. The lowest BCUT2D eigenvalue weighted by Gasteiger charge is -2.34. The second kappa shape index (κ2) is 8.57. The fourth-order valence-electron chi connectivity index (χ4n) is 2.81. The molecular weight excluding hydrogens is 344 g/mol. The molecule has 27 heavy (non-hydrogen) atoms. The summed E-state index contributed by atoms with van der Waals surface area (Å²) < 4.78 is 0. The van der Waals surface area contributed by atoms with Crippen LogP contribution in [0.2, 0.25) is 0 Å². The third kappa shape index (κ3) is 4.58. The lowest BCUT2D eigenvalue weighted by atomic mass is 10.2. The molecule has 0 radical (unpaired) electrons. The van der Waals surface area contributed by atoms with Crippen LogP contribution < -0.4 is 10.2 Å². The summed E-state index contributed by atoms with van der Waals surface area (Å²) in [4.78, 5) is 41.6. The number of pyridine rings is 1. The largest absolute Gasteiger partial charge is 0.348 e. The molecule has 1 atom stereocenters. The van der Waals surface area contributed by atoms with Gasteiger partial charge in [0.1, 0.15) is 11.4 Å². The van der Waals surface area contributed by atoms with E-state index in [9.17, 15) is 9.59 Å². The van der Waals surface area contributed by atoms with Gasteiger partial charge >= 0.3 is 0 Å². The summed E-state index contributed by atoms with van der Waals surface area (Å²) in [5.74, 6) is 0.248.